The van der Waals surface area contributed by atoms with E-state index in [4.69, 9.17) is 4.74 Å². The highest BCUT2D eigenvalue weighted by atomic mass is 19.1. The second-order valence-electron chi connectivity index (χ2n) is 7.30. The highest BCUT2D eigenvalue weighted by Crippen LogP contribution is 2.38. The minimum atomic E-state index is -1.14. The van der Waals surface area contributed by atoms with Gasteiger partial charge in [0.15, 0.2) is 6.10 Å². The molecule has 3 amide bonds. The molecule has 1 N–H and O–H groups in total. The van der Waals surface area contributed by atoms with Crippen LogP contribution in [0.3, 0.4) is 0 Å². The molecule has 1 aliphatic heterocycles. The molecule has 1 heterocycles. The van der Waals surface area contributed by atoms with E-state index in [1.807, 2.05) is 0 Å². The lowest BCUT2D eigenvalue weighted by atomic mass is 9.81. The number of halogens is 1. The van der Waals surface area contributed by atoms with Gasteiger partial charge in [-0.2, -0.15) is 0 Å². The van der Waals surface area contributed by atoms with Crippen LogP contribution in [0, 0.1) is 17.7 Å². The van der Waals surface area contributed by atoms with E-state index in [-0.39, 0.29) is 23.7 Å². The number of anilines is 1. The number of esters is 1. The van der Waals surface area contributed by atoms with Crippen molar-refractivity contribution in [2.45, 2.75) is 51.7 Å². The molecule has 8 heteroatoms. The van der Waals surface area contributed by atoms with Crippen molar-refractivity contribution in [3.63, 3.8) is 0 Å². The first-order valence-corrected chi connectivity index (χ1v) is 9.43. The van der Waals surface area contributed by atoms with E-state index in [2.05, 4.69) is 5.32 Å². The monoisotopic (exact) mass is 390 g/mol. The van der Waals surface area contributed by atoms with E-state index in [1.54, 1.807) is 0 Å². The Morgan fingerprint density at radius 3 is 2.14 bits per heavy atom. The number of hydrogen-bond acceptors (Lipinski definition) is 5. The Morgan fingerprint density at radius 1 is 1.07 bits per heavy atom. The van der Waals surface area contributed by atoms with Crippen LogP contribution in [0.4, 0.5) is 10.1 Å². The summed E-state index contributed by atoms with van der Waals surface area (Å²) in [5.74, 6) is -3.22. The minimum Gasteiger partial charge on any atom is -0.451 e. The quantitative estimate of drug-likeness (QED) is 0.615. The van der Waals surface area contributed by atoms with E-state index in [0.717, 1.165) is 17.7 Å². The van der Waals surface area contributed by atoms with Crippen LogP contribution in [0.25, 0.3) is 0 Å². The van der Waals surface area contributed by atoms with Crippen molar-refractivity contribution in [2.24, 2.45) is 11.8 Å². The number of imide groups is 1. The molecule has 3 rings (SSSR count). The summed E-state index contributed by atoms with van der Waals surface area (Å²) in [6.45, 7) is 2.82. The molecule has 0 bridgehead atoms. The predicted octanol–water partition coefficient (Wildman–Crippen LogP) is 2.26. The molecule has 1 aliphatic carbocycles. The van der Waals surface area contributed by atoms with Crippen molar-refractivity contribution in [3.8, 4) is 0 Å². The molecule has 1 aromatic rings. The van der Waals surface area contributed by atoms with Crippen molar-refractivity contribution >= 4 is 29.4 Å². The van der Waals surface area contributed by atoms with Gasteiger partial charge in [-0.1, -0.05) is 12.8 Å². The Kier molecular flexibility index (Phi) is 5.76. The number of benzene rings is 1. The smallest absolute Gasteiger partial charge is 0.329 e. The normalized spacial score (nSPS) is 23.8. The van der Waals surface area contributed by atoms with Gasteiger partial charge in [0.1, 0.15) is 11.9 Å². The van der Waals surface area contributed by atoms with Gasteiger partial charge >= 0.3 is 5.97 Å². The number of carbonyl (C=O) groups is 4. The number of ether oxygens (including phenoxy) is 1. The summed E-state index contributed by atoms with van der Waals surface area (Å²) < 4.78 is 18.1. The van der Waals surface area contributed by atoms with Crippen LogP contribution in [0.15, 0.2) is 24.3 Å². The summed E-state index contributed by atoms with van der Waals surface area (Å²) >= 11 is 0. The fourth-order valence-corrected chi connectivity index (χ4v) is 3.78. The van der Waals surface area contributed by atoms with Crippen molar-refractivity contribution in [1.29, 1.82) is 0 Å². The summed E-state index contributed by atoms with van der Waals surface area (Å²) in [5, 5.41) is 2.51. The third-order valence-electron chi connectivity index (χ3n) is 5.38. The average molecular weight is 390 g/mol. The maximum Gasteiger partial charge on any atom is 0.329 e. The molecule has 1 saturated carbocycles. The molecule has 150 valence electrons. The average Bonchev–Trinajstić information content (AvgIpc) is 2.93. The summed E-state index contributed by atoms with van der Waals surface area (Å²) in [5.41, 5.74) is 0.358. The van der Waals surface area contributed by atoms with Crippen LogP contribution in [0.1, 0.15) is 39.5 Å². The number of fused-ring (bicyclic) bond motifs is 1. The first-order valence-electron chi connectivity index (χ1n) is 9.43. The Balaban J connectivity index is 1.60. The summed E-state index contributed by atoms with van der Waals surface area (Å²) in [7, 11) is 0. The van der Waals surface area contributed by atoms with Gasteiger partial charge < -0.3 is 10.1 Å². The number of nitrogens with zero attached hydrogens (tertiary/aromatic N) is 1. The topological polar surface area (TPSA) is 92.8 Å². The Labute approximate surface area is 162 Å². The van der Waals surface area contributed by atoms with Crippen molar-refractivity contribution in [2.75, 3.05) is 5.32 Å². The number of nitrogens with one attached hydrogen (secondary N) is 1. The maximum atomic E-state index is 12.9. The molecule has 0 radical (unpaired) electrons. The molecule has 0 spiro atoms. The fourth-order valence-electron chi connectivity index (χ4n) is 3.78. The van der Waals surface area contributed by atoms with Gasteiger partial charge in [0.25, 0.3) is 5.91 Å². The lowest BCUT2D eigenvalue weighted by Gasteiger charge is -2.23. The highest BCUT2D eigenvalue weighted by Gasteiger charge is 2.51. The molecule has 28 heavy (non-hydrogen) atoms. The van der Waals surface area contributed by atoms with Crippen molar-refractivity contribution < 1.29 is 28.3 Å². The third-order valence-corrected chi connectivity index (χ3v) is 5.38. The zero-order chi connectivity index (χ0) is 20.4. The molecule has 1 aromatic carbocycles. The van der Waals surface area contributed by atoms with E-state index in [0.29, 0.717) is 18.5 Å². The van der Waals surface area contributed by atoms with Gasteiger partial charge in [0.2, 0.25) is 11.8 Å². The number of likely N-dealkylation sites (tertiary alicyclic amines) is 1. The van der Waals surface area contributed by atoms with Gasteiger partial charge in [-0.05, 0) is 51.0 Å². The second kappa shape index (κ2) is 8.08. The van der Waals surface area contributed by atoms with E-state index in [1.165, 1.54) is 38.1 Å². The Bertz CT molecular complexity index is 770. The zero-order valence-corrected chi connectivity index (χ0v) is 15.8. The molecular formula is C20H23FN2O5. The summed E-state index contributed by atoms with van der Waals surface area (Å²) in [4.78, 5) is 50.8. The third kappa shape index (κ3) is 3.90. The standard InChI is InChI=1S/C20H23FN2O5/c1-11(23-18(25)15-5-3-4-6-16(15)19(23)26)20(27)28-12(2)17(24)22-14-9-7-13(21)8-10-14/h7-12,15-16H,3-6H2,1-2H3,(H,22,24)/t11-,12+,15-,16+/m0/s1. The molecule has 4 atom stereocenters. The zero-order valence-electron chi connectivity index (χ0n) is 15.8. The minimum absolute atomic E-state index is 0.331. The van der Waals surface area contributed by atoms with Crippen molar-refractivity contribution in [3.05, 3.63) is 30.1 Å². The van der Waals surface area contributed by atoms with Crippen molar-refractivity contribution in [1.82, 2.24) is 4.90 Å². The predicted molar refractivity (Wildman–Crippen MR) is 97.3 cm³/mol. The first-order chi connectivity index (χ1) is 13.3. The molecule has 0 unspecified atom stereocenters. The highest BCUT2D eigenvalue weighted by molar-refractivity contribution is 6.08. The fraction of sp³-hybridized carbons (Fsp3) is 0.500. The molecule has 7 nitrogen and oxygen atoms in total. The van der Waals surface area contributed by atoms with Crippen LogP contribution >= 0.6 is 0 Å². The van der Waals surface area contributed by atoms with E-state index < -0.39 is 29.8 Å². The lowest BCUT2D eigenvalue weighted by molar-refractivity contribution is -0.163. The van der Waals surface area contributed by atoms with Gasteiger partial charge in [-0.25, -0.2) is 9.18 Å². The SMILES string of the molecule is C[C@@H](OC(=O)[C@H](C)N1C(=O)[C@H]2CCCC[C@H]2C1=O)C(=O)Nc1ccc(F)cc1. The number of hydrogen-bond donors (Lipinski definition) is 1. The van der Waals surface area contributed by atoms with Crippen LogP contribution in [-0.2, 0) is 23.9 Å². The van der Waals surface area contributed by atoms with Gasteiger partial charge in [0.05, 0.1) is 11.8 Å². The van der Waals surface area contributed by atoms with Crippen LogP contribution in [0.2, 0.25) is 0 Å². The largest absolute Gasteiger partial charge is 0.451 e. The summed E-state index contributed by atoms with van der Waals surface area (Å²) in [6.07, 6.45) is 1.96. The van der Waals surface area contributed by atoms with Gasteiger partial charge in [-0.3, -0.25) is 19.3 Å². The molecule has 0 aromatic heterocycles. The number of carbonyl (C=O) groups excluding carboxylic acids is 4. The second-order valence-corrected chi connectivity index (χ2v) is 7.30. The van der Waals surface area contributed by atoms with E-state index in [9.17, 15) is 23.6 Å². The van der Waals surface area contributed by atoms with Crippen LogP contribution < -0.4 is 5.32 Å². The number of rotatable bonds is 5. The van der Waals surface area contributed by atoms with E-state index >= 15 is 0 Å². The lowest BCUT2D eigenvalue weighted by Crippen LogP contribution is -2.46. The van der Waals surface area contributed by atoms with Gasteiger partial charge in [-0.15, -0.1) is 0 Å². The van der Waals surface area contributed by atoms with Crippen LogP contribution in [0.5, 0.6) is 0 Å². The molecule has 1 saturated heterocycles. The Hall–Kier alpha value is -2.77. The van der Waals surface area contributed by atoms with Gasteiger partial charge in [0, 0.05) is 5.69 Å². The van der Waals surface area contributed by atoms with Crippen LogP contribution in [-0.4, -0.2) is 40.7 Å². The Morgan fingerprint density at radius 2 is 1.61 bits per heavy atom. The first kappa shape index (κ1) is 20.0. The molecular weight excluding hydrogens is 367 g/mol. The molecule has 2 aliphatic rings. The number of amides is 3. The maximum absolute atomic E-state index is 12.9. The summed E-state index contributed by atoms with van der Waals surface area (Å²) in [6, 6.07) is 4.06. The molecule has 2 fully saturated rings.